The lowest BCUT2D eigenvalue weighted by molar-refractivity contribution is -0.141. The fourth-order valence-electron chi connectivity index (χ4n) is 1.14. The number of methoxy groups -OCH3 is 1. The van der Waals surface area contributed by atoms with Crippen LogP contribution in [-0.2, 0) is 14.3 Å². The number of carbonyl (C=O) groups is 1. The molecule has 3 nitrogen and oxygen atoms in total. The van der Waals surface area contributed by atoms with E-state index in [0.717, 1.165) is 4.90 Å². The number of hydrogen-bond acceptors (Lipinski definition) is 4. The van der Waals surface area contributed by atoms with Gasteiger partial charge < -0.3 is 9.47 Å². The maximum atomic E-state index is 11.3. The van der Waals surface area contributed by atoms with Gasteiger partial charge in [-0.1, -0.05) is 18.2 Å². The molecule has 0 saturated carbocycles. The molecule has 0 aliphatic carbocycles. The van der Waals surface area contributed by atoms with Crippen LogP contribution in [-0.4, -0.2) is 32.0 Å². The molecule has 1 rings (SSSR count). The summed E-state index contributed by atoms with van der Waals surface area (Å²) in [5.74, 6) is 0.138. The molecule has 0 unspecified atom stereocenters. The van der Waals surface area contributed by atoms with Gasteiger partial charge in [-0.3, -0.25) is 4.79 Å². The Balaban J connectivity index is 2.29. The van der Waals surface area contributed by atoms with Gasteiger partial charge >= 0.3 is 5.97 Å². The standard InChI is InChI=1S/C12H16O3S/c1-10-5-3-4-6-11(10)16-9-12(13)15-8-7-14-2/h3-6H,7-9H2,1-2H3. The summed E-state index contributed by atoms with van der Waals surface area (Å²) in [6.07, 6.45) is 0. The molecule has 0 amide bonds. The molecule has 1 aromatic rings. The predicted molar refractivity (Wildman–Crippen MR) is 64.7 cm³/mol. The molecular weight excluding hydrogens is 224 g/mol. The Hall–Kier alpha value is -1.00. The third-order valence-electron chi connectivity index (χ3n) is 1.99. The van der Waals surface area contributed by atoms with Gasteiger partial charge in [-0.15, -0.1) is 11.8 Å². The van der Waals surface area contributed by atoms with Gasteiger partial charge in [0.05, 0.1) is 12.4 Å². The maximum Gasteiger partial charge on any atom is 0.316 e. The van der Waals surface area contributed by atoms with Crippen molar-refractivity contribution in [3.05, 3.63) is 29.8 Å². The zero-order valence-electron chi connectivity index (χ0n) is 9.56. The highest BCUT2D eigenvalue weighted by Gasteiger charge is 2.05. The average Bonchev–Trinajstić information content (AvgIpc) is 2.28. The van der Waals surface area contributed by atoms with Crippen molar-refractivity contribution in [2.24, 2.45) is 0 Å². The number of esters is 1. The normalized spacial score (nSPS) is 10.1. The lowest BCUT2D eigenvalue weighted by Gasteiger charge is -2.05. The van der Waals surface area contributed by atoms with Crippen LogP contribution in [0.15, 0.2) is 29.2 Å². The molecule has 16 heavy (non-hydrogen) atoms. The second-order valence-corrected chi connectivity index (χ2v) is 4.28. The Bertz CT molecular complexity index is 339. The number of rotatable bonds is 6. The highest BCUT2D eigenvalue weighted by molar-refractivity contribution is 8.00. The van der Waals surface area contributed by atoms with Gasteiger partial charge in [0, 0.05) is 12.0 Å². The minimum absolute atomic E-state index is 0.203. The average molecular weight is 240 g/mol. The first kappa shape index (κ1) is 13.1. The lowest BCUT2D eigenvalue weighted by atomic mass is 10.2. The highest BCUT2D eigenvalue weighted by atomic mass is 32.2. The summed E-state index contributed by atoms with van der Waals surface area (Å²) in [7, 11) is 1.58. The van der Waals surface area contributed by atoms with Gasteiger partial charge in [0.15, 0.2) is 0 Å². The van der Waals surface area contributed by atoms with Gasteiger partial charge in [0.25, 0.3) is 0 Å². The fourth-order valence-corrected chi connectivity index (χ4v) is 1.96. The number of hydrogen-bond donors (Lipinski definition) is 0. The molecule has 0 bridgehead atoms. The van der Waals surface area contributed by atoms with Crippen LogP contribution in [0.5, 0.6) is 0 Å². The number of carbonyl (C=O) groups excluding carboxylic acids is 1. The number of benzene rings is 1. The van der Waals surface area contributed by atoms with Crippen LogP contribution in [0.25, 0.3) is 0 Å². The van der Waals surface area contributed by atoms with Gasteiger partial charge in [-0.2, -0.15) is 0 Å². The molecule has 0 radical (unpaired) electrons. The lowest BCUT2D eigenvalue weighted by Crippen LogP contribution is -2.11. The van der Waals surface area contributed by atoms with Crippen LogP contribution in [0, 0.1) is 6.92 Å². The Labute approximate surface area is 100 Å². The van der Waals surface area contributed by atoms with E-state index in [-0.39, 0.29) is 5.97 Å². The van der Waals surface area contributed by atoms with Crippen LogP contribution in [0.1, 0.15) is 5.56 Å². The molecule has 0 fully saturated rings. The van der Waals surface area contributed by atoms with E-state index in [4.69, 9.17) is 9.47 Å². The topological polar surface area (TPSA) is 35.5 Å². The summed E-state index contributed by atoms with van der Waals surface area (Å²) in [6.45, 7) is 2.79. The molecule has 0 N–H and O–H groups in total. The third kappa shape index (κ3) is 4.68. The summed E-state index contributed by atoms with van der Waals surface area (Å²) < 4.78 is 9.75. The maximum absolute atomic E-state index is 11.3. The van der Waals surface area contributed by atoms with E-state index >= 15 is 0 Å². The number of ether oxygens (including phenoxy) is 2. The fraction of sp³-hybridized carbons (Fsp3) is 0.417. The van der Waals surface area contributed by atoms with Gasteiger partial charge in [-0.25, -0.2) is 0 Å². The van der Waals surface area contributed by atoms with E-state index in [2.05, 4.69) is 0 Å². The van der Waals surface area contributed by atoms with Crippen molar-refractivity contribution in [1.82, 2.24) is 0 Å². The van der Waals surface area contributed by atoms with Crippen LogP contribution in [0.2, 0.25) is 0 Å². The van der Waals surface area contributed by atoms with Crippen molar-refractivity contribution in [2.45, 2.75) is 11.8 Å². The number of thioether (sulfide) groups is 1. The summed E-state index contributed by atoms with van der Waals surface area (Å²) in [5.41, 5.74) is 1.18. The molecule has 0 aliphatic rings. The zero-order valence-corrected chi connectivity index (χ0v) is 10.4. The highest BCUT2D eigenvalue weighted by Crippen LogP contribution is 2.21. The van der Waals surface area contributed by atoms with Crippen molar-refractivity contribution >= 4 is 17.7 Å². The van der Waals surface area contributed by atoms with E-state index in [9.17, 15) is 4.79 Å². The SMILES string of the molecule is COCCOC(=O)CSc1ccccc1C. The van der Waals surface area contributed by atoms with E-state index in [1.165, 1.54) is 17.3 Å². The summed E-state index contributed by atoms with van der Waals surface area (Å²) in [4.78, 5) is 12.4. The monoisotopic (exact) mass is 240 g/mol. The van der Waals surface area contributed by atoms with Gasteiger partial charge in [0.1, 0.15) is 6.61 Å². The first-order valence-corrected chi connectivity index (χ1v) is 6.05. The minimum atomic E-state index is -0.203. The summed E-state index contributed by atoms with van der Waals surface area (Å²) in [5, 5.41) is 0. The van der Waals surface area contributed by atoms with Crippen LogP contribution >= 0.6 is 11.8 Å². The van der Waals surface area contributed by atoms with Crippen molar-refractivity contribution in [1.29, 1.82) is 0 Å². The Morgan fingerprint density at radius 1 is 1.31 bits per heavy atom. The van der Waals surface area contributed by atoms with E-state index in [1.54, 1.807) is 7.11 Å². The second kappa shape index (κ2) is 7.30. The van der Waals surface area contributed by atoms with Crippen molar-refractivity contribution in [3.8, 4) is 0 Å². The van der Waals surface area contributed by atoms with Crippen molar-refractivity contribution in [2.75, 3.05) is 26.1 Å². The van der Waals surface area contributed by atoms with Gasteiger partial charge in [-0.05, 0) is 18.6 Å². The molecule has 0 heterocycles. The number of aryl methyl sites for hydroxylation is 1. The quantitative estimate of drug-likeness (QED) is 0.434. The van der Waals surface area contributed by atoms with Gasteiger partial charge in [0.2, 0.25) is 0 Å². The molecule has 0 aromatic heterocycles. The molecule has 0 saturated heterocycles. The molecule has 0 atom stereocenters. The molecule has 1 aromatic carbocycles. The molecule has 0 aliphatic heterocycles. The van der Waals surface area contributed by atoms with E-state index < -0.39 is 0 Å². The smallest absolute Gasteiger partial charge is 0.316 e. The Morgan fingerprint density at radius 2 is 2.06 bits per heavy atom. The first-order valence-electron chi connectivity index (χ1n) is 5.07. The molecule has 4 heteroatoms. The van der Waals surface area contributed by atoms with Crippen molar-refractivity contribution in [3.63, 3.8) is 0 Å². The van der Waals surface area contributed by atoms with E-state index in [0.29, 0.717) is 19.0 Å². The van der Waals surface area contributed by atoms with Crippen LogP contribution in [0.4, 0.5) is 0 Å². The molecule has 88 valence electrons. The second-order valence-electron chi connectivity index (χ2n) is 3.27. The Morgan fingerprint density at radius 3 is 2.75 bits per heavy atom. The first-order chi connectivity index (χ1) is 7.74. The molecule has 0 spiro atoms. The summed E-state index contributed by atoms with van der Waals surface area (Å²) in [6, 6.07) is 7.98. The third-order valence-corrected chi connectivity index (χ3v) is 3.14. The van der Waals surface area contributed by atoms with E-state index in [1.807, 2.05) is 31.2 Å². The van der Waals surface area contributed by atoms with Crippen LogP contribution in [0.3, 0.4) is 0 Å². The molecular formula is C12H16O3S. The summed E-state index contributed by atoms with van der Waals surface area (Å²) >= 11 is 1.50. The predicted octanol–water partition coefficient (Wildman–Crippen LogP) is 2.28. The minimum Gasteiger partial charge on any atom is -0.463 e. The Kier molecular flexibility index (Phi) is 5.96. The zero-order chi connectivity index (χ0) is 11.8. The van der Waals surface area contributed by atoms with Crippen LogP contribution < -0.4 is 0 Å². The largest absolute Gasteiger partial charge is 0.463 e. The van der Waals surface area contributed by atoms with Crippen molar-refractivity contribution < 1.29 is 14.3 Å².